The summed E-state index contributed by atoms with van der Waals surface area (Å²) < 4.78 is 5.80. The first-order chi connectivity index (χ1) is 39.0. The Balaban J connectivity index is 0.000000120. The molecule has 14 aromatic rings. The first-order valence-electron chi connectivity index (χ1n) is 27.0. The summed E-state index contributed by atoms with van der Waals surface area (Å²) in [5.41, 5.74) is 32.0. The van der Waals surface area contributed by atoms with E-state index in [1.54, 1.807) is 0 Å². The van der Waals surface area contributed by atoms with E-state index in [1.807, 2.05) is 6.07 Å². The molecule has 2 aliphatic carbocycles. The Labute approximate surface area is 468 Å². The lowest BCUT2D eigenvalue weighted by Gasteiger charge is -2.10. The maximum absolute atomic E-state index is 5.77. The van der Waals surface area contributed by atoms with Crippen molar-refractivity contribution >= 4 is 76.6 Å². The Hall–Kier alpha value is -9.68. The van der Waals surface area contributed by atoms with Gasteiger partial charge in [0.25, 0.3) is 0 Å². The fourth-order valence-corrected chi connectivity index (χ4v) is 12.2. The number of rotatable bonds is 6. The van der Waals surface area contributed by atoms with Gasteiger partial charge in [-0.2, -0.15) is 0 Å². The summed E-state index contributed by atoms with van der Waals surface area (Å²) in [6.07, 6.45) is 2.03. The molecule has 376 valence electrons. The van der Waals surface area contributed by atoms with Gasteiger partial charge >= 0.3 is 0 Å². The molecule has 0 atom stereocenters. The lowest BCUT2D eigenvalue weighted by atomic mass is 10.0. The summed E-state index contributed by atoms with van der Waals surface area (Å²) in [5.74, 6) is 0. The minimum absolute atomic E-state index is 0.858. The van der Waals surface area contributed by atoms with E-state index in [-0.39, 0.29) is 0 Å². The van der Waals surface area contributed by atoms with Crippen molar-refractivity contribution in [3.63, 3.8) is 0 Å². The first-order valence-corrected chi connectivity index (χ1v) is 27.8. The molecule has 0 unspecified atom stereocenters. The van der Waals surface area contributed by atoms with Crippen LogP contribution in [0.5, 0.6) is 0 Å². The van der Waals surface area contributed by atoms with Crippen LogP contribution in [0.15, 0.2) is 284 Å². The zero-order chi connectivity index (χ0) is 52.8. The third kappa shape index (κ3) is 9.04. The highest BCUT2D eigenvalue weighted by atomic mass is 79.9. The molecule has 0 radical (unpaired) electrons. The molecule has 12 aromatic carbocycles. The van der Waals surface area contributed by atoms with Gasteiger partial charge in [0.1, 0.15) is 0 Å². The molecule has 2 aliphatic rings. The van der Waals surface area contributed by atoms with Gasteiger partial charge in [0.05, 0.1) is 22.1 Å². The molecule has 0 bridgehead atoms. The Morgan fingerprint density at radius 1 is 0.304 bits per heavy atom. The molecule has 2 aromatic heterocycles. The van der Waals surface area contributed by atoms with Crippen LogP contribution >= 0.6 is 15.9 Å². The highest BCUT2D eigenvalue weighted by molar-refractivity contribution is 9.10. The second kappa shape index (κ2) is 20.4. The van der Waals surface area contributed by atoms with Crippen molar-refractivity contribution in [3.05, 3.63) is 306 Å². The van der Waals surface area contributed by atoms with E-state index in [1.165, 1.54) is 122 Å². The molecule has 79 heavy (non-hydrogen) atoms. The summed E-state index contributed by atoms with van der Waals surface area (Å²) in [7, 11) is 0. The standard InChI is InChI=1S/C37H26N2.C24H16BrN.C13H11N/c1-2-9-31(10-3-1)39-36-13-7-6-12-34(36)35-24-26(16-21-37(35)39)25-14-17-29(18-15-25)38-30-19-20-33-28(23-30)22-27-8-4-5-11-32(27)33;25-19-13-10-17(11-14-19)18-12-15-24-22(16-18)21-8-4-5-9-23(21)26(24)20-6-2-1-3-7-20;14-11-5-6-13-10(8-11)7-9-3-1-2-4-12(9)13/h1-21,23-24,38H,22H2;1-16H;1-6,8H,7,14H2. The molecule has 0 spiro atoms. The van der Waals surface area contributed by atoms with Gasteiger partial charge in [-0.25, -0.2) is 0 Å². The molecule has 0 amide bonds. The van der Waals surface area contributed by atoms with Gasteiger partial charge in [-0.05, 0) is 189 Å². The maximum Gasteiger partial charge on any atom is 0.0541 e. The number of hydrogen-bond donors (Lipinski definition) is 2. The van der Waals surface area contributed by atoms with Crippen molar-refractivity contribution in [2.45, 2.75) is 12.8 Å². The molecule has 2 heterocycles. The Morgan fingerprint density at radius 2 is 0.709 bits per heavy atom. The van der Waals surface area contributed by atoms with Crippen molar-refractivity contribution in [2.75, 3.05) is 11.1 Å². The van der Waals surface area contributed by atoms with Crippen LogP contribution in [-0.4, -0.2) is 9.13 Å². The average molecular weight is 1080 g/mol. The van der Waals surface area contributed by atoms with Crippen LogP contribution in [0.25, 0.3) is 99.5 Å². The number of benzene rings is 12. The highest BCUT2D eigenvalue weighted by Crippen LogP contribution is 2.41. The number of nitrogens with zero attached hydrogens (tertiary/aromatic N) is 2. The van der Waals surface area contributed by atoms with Crippen molar-refractivity contribution < 1.29 is 0 Å². The Morgan fingerprint density at radius 3 is 1.25 bits per heavy atom. The highest BCUT2D eigenvalue weighted by Gasteiger charge is 2.20. The molecular weight excluding hydrogens is 1020 g/mol. The van der Waals surface area contributed by atoms with Crippen molar-refractivity contribution in [1.82, 2.24) is 9.13 Å². The van der Waals surface area contributed by atoms with E-state index in [2.05, 4.69) is 303 Å². The fourth-order valence-electron chi connectivity index (χ4n) is 12.0. The first kappa shape index (κ1) is 47.7. The van der Waals surface area contributed by atoms with Gasteiger partial charge in [0.2, 0.25) is 0 Å². The molecule has 0 saturated carbocycles. The molecule has 3 N–H and O–H groups in total. The molecule has 5 heteroatoms. The van der Waals surface area contributed by atoms with Gasteiger partial charge in [-0.15, -0.1) is 0 Å². The molecule has 16 rings (SSSR count). The van der Waals surface area contributed by atoms with Crippen LogP contribution in [0.2, 0.25) is 0 Å². The Bertz CT molecular complexity index is 4570. The zero-order valence-electron chi connectivity index (χ0n) is 43.3. The van der Waals surface area contributed by atoms with Gasteiger partial charge in [-0.3, -0.25) is 0 Å². The number of nitrogens with two attached hydrogens (primary N) is 1. The van der Waals surface area contributed by atoms with Crippen LogP contribution in [0.3, 0.4) is 0 Å². The maximum atomic E-state index is 5.77. The quantitative estimate of drug-likeness (QED) is 0.163. The largest absolute Gasteiger partial charge is 0.399 e. The van der Waals surface area contributed by atoms with Crippen molar-refractivity contribution in [3.8, 4) is 55.9 Å². The zero-order valence-corrected chi connectivity index (χ0v) is 44.9. The van der Waals surface area contributed by atoms with E-state index in [0.717, 1.165) is 34.4 Å². The van der Waals surface area contributed by atoms with Crippen molar-refractivity contribution in [2.24, 2.45) is 0 Å². The number of nitrogen functional groups attached to an aromatic ring is 1. The summed E-state index contributed by atoms with van der Waals surface area (Å²) in [6, 6.07) is 99.5. The van der Waals surface area contributed by atoms with Crippen LogP contribution in [0.1, 0.15) is 22.3 Å². The number of para-hydroxylation sites is 4. The van der Waals surface area contributed by atoms with Gasteiger partial charge in [0.15, 0.2) is 0 Å². The Kier molecular flexibility index (Phi) is 12.3. The van der Waals surface area contributed by atoms with E-state index >= 15 is 0 Å². The SMILES string of the molecule is Brc1ccc(-c2ccc3c(c2)c2ccccc2n3-c2ccccc2)cc1.Nc1ccc2c(c1)Cc1ccccc1-2.c1ccc(-n2c3ccccc3c3cc(-c4ccc(Nc5ccc6c(c5)Cc5ccccc5-6)cc4)ccc32)cc1. The molecule has 0 fully saturated rings. The van der Waals surface area contributed by atoms with Crippen LogP contribution in [-0.2, 0) is 12.8 Å². The molecule has 4 nitrogen and oxygen atoms in total. The lowest BCUT2D eigenvalue weighted by Crippen LogP contribution is -1.93. The van der Waals surface area contributed by atoms with Crippen LogP contribution in [0.4, 0.5) is 17.1 Å². The minimum Gasteiger partial charge on any atom is -0.399 e. The van der Waals surface area contributed by atoms with E-state index in [4.69, 9.17) is 5.73 Å². The van der Waals surface area contributed by atoms with E-state index < -0.39 is 0 Å². The third-order valence-electron chi connectivity index (χ3n) is 15.7. The summed E-state index contributed by atoms with van der Waals surface area (Å²) in [5, 5.41) is 8.72. The van der Waals surface area contributed by atoms with Gasteiger partial charge in [-0.1, -0.05) is 186 Å². The summed E-state index contributed by atoms with van der Waals surface area (Å²) >= 11 is 3.52. The smallest absolute Gasteiger partial charge is 0.0541 e. The summed E-state index contributed by atoms with van der Waals surface area (Å²) in [6.45, 7) is 0. The average Bonchev–Trinajstić information content (AvgIpc) is 4.45. The number of nitrogens with one attached hydrogen (secondary N) is 1. The number of fused-ring (bicyclic) bond motifs is 12. The number of hydrogen-bond acceptors (Lipinski definition) is 2. The van der Waals surface area contributed by atoms with Gasteiger partial charge in [0, 0.05) is 54.5 Å². The summed E-state index contributed by atoms with van der Waals surface area (Å²) in [4.78, 5) is 0. The fraction of sp³-hybridized carbons (Fsp3) is 0.0270. The topological polar surface area (TPSA) is 47.9 Å². The monoisotopic (exact) mass is 1080 g/mol. The number of aromatic nitrogens is 2. The normalized spacial score (nSPS) is 11.8. The second-order valence-electron chi connectivity index (χ2n) is 20.5. The van der Waals surface area contributed by atoms with E-state index in [0.29, 0.717) is 0 Å². The minimum atomic E-state index is 0.858. The molecule has 0 saturated heterocycles. The molecular formula is C74H53BrN4. The van der Waals surface area contributed by atoms with Crippen molar-refractivity contribution in [1.29, 1.82) is 0 Å². The van der Waals surface area contributed by atoms with Crippen LogP contribution < -0.4 is 11.1 Å². The predicted molar refractivity (Wildman–Crippen MR) is 337 cm³/mol. The number of halogens is 1. The van der Waals surface area contributed by atoms with Crippen LogP contribution in [0, 0.1) is 0 Å². The second-order valence-corrected chi connectivity index (χ2v) is 21.4. The van der Waals surface area contributed by atoms with E-state index in [9.17, 15) is 0 Å². The lowest BCUT2D eigenvalue weighted by molar-refractivity contribution is 1.18. The predicted octanol–water partition coefficient (Wildman–Crippen LogP) is 19.8. The molecule has 0 aliphatic heterocycles. The third-order valence-corrected chi connectivity index (χ3v) is 16.2. The number of anilines is 3. The van der Waals surface area contributed by atoms with Gasteiger partial charge < -0.3 is 20.2 Å².